The molecule has 144 valence electrons. The second-order valence-corrected chi connectivity index (χ2v) is 8.66. The largest absolute Gasteiger partial charge is 0.326 e. The number of nitrogens with one attached hydrogen (secondary N) is 1. The lowest BCUT2D eigenvalue weighted by Gasteiger charge is -2.29. The quantitative estimate of drug-likeness (QED) is 0.761. The van der Waals surface area contributed by atoms with Crippen LogP contribution in [0.4, 0.5) is 0 Å². The number of rotatable bonds is 3. The molecule has 3 aliphatic rings. The molecular formula is C20H26N4O3. The summed E-state index contributed by atoms with van der Waals surface area (Å²) in [5.41, 5.74) is 9.09. The van der Waals surface area contributed by atoms with E-state index in [1.54, 1.807) is 4.90 Å². The van der Waals surface area contributed by atoms with Crippen molar-refractivity contribution in [2.75, 3.05) is 13.1 Å². The predicted octanol–water partition coefficient (Wildman–Crippen LogP) is 0.617. The van der Waals surface area contributed by atoms with Crippen molar-refractivity contribution in [1.29, 1.82) is 0 Å². The number of likely N-dealkylation sites (tertiary alicyclic amines) is 1. The van der Waals surface area contributed by atoms with E-state index in [1.165, 1.54) is 0 Å². The van der Waals surface area contributed by atoms with Gasteiger partial charge in [-0.25, -0.2) is 0 Å². The summed E-state index contributed by atoms with van der Waals surface area (Å²) in [6.45, 7) is 7.42. The Hall–Kier alpha value is -2.25. The van der Waals surface area contributed by atoms with E-state index >= 15 is 0 Å². The van der Waals surface area contributed by atoms with Gasteiger partial charge in [-0.3, -0.25) is 24.6 Å². The van der Waals surface area contributed by atoms with Gasteiger partial charge in [-0.05, 0) is 29.0 Å². The maximum Gasteiger partial charge on any atom is 0.255 e. The van der Waals surface area contributed by atoms with Gasteiger partial charge in [0.05, 0.1) is 0 Å². The SMILES string of the molecule is CC1(C)CN(Cc2ccc3c(c2)CN(C2CCC(=O)NC2=O)C3=O)CC1N. The molecule has 0 aliphatic carbocycles. The normalized spacial score (nSPS) is 27.8. The van der Waals surface area contributed by atoms with Crippen molar-refractivity contribution in [3.05, 3.63) is 34.9 Å². The van der Waals surface area contributed by atoms with Crippen molar-refractivity contribution in [1.82, 2.24) is 15.1 Å². The van der Waals surface area contributed by atoms with Crippen LogP contribution in [0.2, 0.25) is 0 Å². The predicted molar refractivity (Wildman–Crippen MR) is 99.5 cm³/mol. The van der Waals surface area contributed by atoms with E-state index in [0.29, 0.717) is 18.5 Å². The highest BCUT2D eigenvalue weighted by Gasteiger charge is 2.40. The van der Waals surface area contributed by atoms with Crippen molar-refractivity contribution in [3.8, 4) is 0 Å². The van der Waals surface area contributed by atoms with E-state index in [2.05, 4.69) is 30.1 Å². The molecule has 3 aliphatic heterocycles. The zero-order valence-corrected chi connectivity index (χ0v) is 15.8. The van der Waals surface area contributed by atoms with Gasteiger partial charge < -0.3 is 10.6 Å². The minimum Gasteiger partial charge on any atom is -0.326 e. The van der Waals surface area contributed by atoms with Gasteiger partial charge >= 0.3 is 0 Å². The molecule has 7 heteroatoms. The molecule has 1 aromatic rings. The molecule has 0 saturated carbocycles. The van der Waals surface area contributed by atoms with E-state index in [-0.39, 0.29) is 35.6 Å². The molecule has 1 aromatic carbocycles. The van der Waals surface area contributed by atoms with Crippen LogP contribution in [0, 0.1) is 5.41 Å². The van der Waals surface area contributed by atoms with E-state index in [1.807, 2.05) is 12.1 Å². The van der Waals surface area contributed by atoms with Crippen LogP contribution in [0.5, 0.6) is 0 Å². The minimum atomic E-state index is -0.566. The summed E-state index contributed by atoms with van der Waals surface area (Å²) in [4.78, 5) is 40.2. The first-order valence-corrected chi connectivity index (χ1v) is 9.49. The number of imide groups is 1. The van der Waals surface area contributed by atoms with Crippen LogP contribution in [-0.4, -0.2) is 52.7 Å². The summed E-state index contributed by atoms with van der Waals surface area (Å²) in [7, 11) is 0. The number of amides is 3. The molecule has 0 bridgehead atoms. The third-order valence-electron chi connectivity index (χ3n) is 6.08. The van der Waals surface area contributed by atoms with Crippen molar-refractivity contribution in [3.63, 3.8) is 0 Å². The maximum absolute atomic E-state index is 12.7. The fourth-order valence-corrected chi connectivity index (χ4v) is 4.39. The monoisotopic (exact) mass is 370 g/mol. The van der Waals surface area contributed by atoms with Gasteiger partial charge in [0.15, 0.2) is 0 Å². The number of hydrogen-bond donors (Lipinski definition) is 2. The Bertz CT molecular complexity index is 819. The van der Waals surface area contributed by atoms with E-state index < -0.39 is 6.04 Å². The molecule has 0 radical (unpaired) electrons. The Morgan fingerprint density at radius 3 is 2.70 bits per heavy atom. The summed E-state index contributed by atoms with van der Waals surface area (Å²) in [5.74, 6) is -0.772. The van der Waals surface area contributed by atoms with Crippen LogP contribution in [-0.2, 0) is 22.7 Å². The van der Waals surface area contributed by atoms with Gasteiger partial charge in [0.25, 0.3) is 5.91 Å². The second kappa shape index (κ2) is 6.42. The number of nitrogens with two attached hydrogens (primary N) is 1. The lowest BCUT2D eigenvalue weighted by atomic mass is 9.89. The third kappa shape index (κ3) is 3.26. The highest BCUT2D eigenvalue weighted by molar-refractivity contribution is 6.05. The molecule has 2 fully saturated rings. The summed E-state index contributed by atoms with van der Waals surface area (Å²) in [6, 6.07) is 5.51. The number of carbonyl (C=O) groups is 3. The number of carbonyl (C=O) groups excluding carboxylic acids is 3. The molecule has 3 amide bonds. The molecule has 0 spiro atoms. The van der Waals surface area contributed by atoms with Crippen LogP contribution in [0.15, 0.2) is 18.2 Å². The Kier molecular flexibility index (Phi) is 4.31. The van der Waals surface area contributed by atoms with Crippen molar-refractivity contribution in [2.24, 2.45) is 11.1 Å². The Balaban J connectivity index is 1.48. The van der Waals surface area contributed by atoms with Gasteiger partial charge in [-0.2, -0.15) is 0 Å². The van der Waals surface area contributed by atoms with Crippen molar-refractivity contribution in [2.45, 2.75) is 51.9 Å². The molecule has 2 unspecified atom stereocenters. The zero-order valence-electron chi connectivity index (χ0n) is 15.8. The molecular weight excluding hydrogens is 344 g/mol. The lowest BCUT2D eigenvalue weighted by molar-refractivity contribution is -0.136. The summed E-state index contributed by atoms with van der Waals surface area (Å²) < 4.78 is 0. The van der Waals surface area contributed by atoms with Crippen LogP contribution in [0.1, 0.15) is 48.2 Å². The smallest absolute Gasteiger partial charge is 0.255 e. The van der Waals surface area contributed by atoms with Crippen LogP contribution in [0.3, 0.4) is 0 Å². The molecule has 2 atom stereocenters. The number of benzene rings is 1. The first kappa shape index (κ1) is 18.1. The maximum atomic E-state index is 12.7. The van der Waals surface area contributed by atoms with E-state index in [9.17, 15) is 14.4 Å². The molecule has 7 nitrogen and oxygen atoms in total. The summed E-state index contributed by atoms with van der Waals surface area (Å²) >= 11 is 0. The topological polar surface area (TPSA) is 95.7 Å². The number of fused-ring (bicyclic) bond motifs is 1. The van der Waals surface area contributed by atoms with Gasteiger partial charge in [0.1, 0.15) is 6.04 Å². The van der Waals surface area contributed by atoms with Crippen LogP contribution in [0.25, 0.3) is 0 Å². The molecule has 3 N–H and O–H groups in total. The molecule has 2 saturated heterocycles. The lowest BCUT2D eigenvalue weighted by Crippen LogP contribution is -2.52. The average molecular weight is 370 g/mol. The number of hydrogen-bond acceptors (Lipinski definition) is 5. The molecule has 0 aromatic heterocycles. The fraction of sp³-hybridized carbons (Fsp3) is 0.550. The van der Waals surface area contributed by atoms with Crippen molar-refractivity contribution >= 4 is 17.7 Å². The zero-order chi connectivity index (χ0) is 19.3. The highest BCUT2D eigenvalue weighted by Crippen LogP contribution is 2.31. The first-order valence-electron chi connectivity index (χ1n) is 9.49. The third-order valence-corrected chi connectivity index (χ3v) is 6.08. The Morgan fingerprint density at radius 1 is 1.26 bits per heavy atom. The standard InChI is InChI=1S/C20H26N4O3/c1-20(2)11-23(10-16(20)21)8-12-3-4-14-13(7-12)9-24(19(14)27)15-5-6-17(25)22-18(15)26/h3-4,7,15-16H,5-6,8-11,21H2,1-2H3,(H,22,25,26). The number of nitrogens with zero attached hydrogens (tertiary/aromatic N) is 2. The fourth-order valence-electron chi connectivity index (χ4n) is 4.39. The average Bonchev–Trinajstić information content (AvgIpc) is 3.03. The first-order chi connectivity index (χ1) is 12.7. The van der Waals surface area contributed by atoms with Crippen molar-refractivity contribution < 1.29 is 14.4 Å². The van der Waals surface area contributed by atoms with Gasteiger partial charge in [0.2, 0.25) is 11.8 Å². The van der Waals surface area contributed by atoms with Gasteiger partial charge in [0, 0.05) is 44.2 Å². The summed E-state index contributed by atoms with van der Waals surface area (Å²) in [5, 5.41) is 2.33. The Morgan fingerprint density at radius 2 is 2.04 bits per heavy atom. The molecule has 3 heterocycles. The van der Waals surface area contributed by atoms with Gasteiger partial charge in [-0.1, -0.05) is 26.0 Å². The molecule has 4 rings (SSSR count). The summed E-state index contributed by atoms with van der Waals surface area (Å²) in [6.07, 6.45) is 0.658. The number of piperidine rings is 1. The van der Waals surface area contributed by atoms with Crippen LogP contribution >= 0.6 is 0 Å². The van der Waals surface area contributed by atoms with Crippen LogP contribution < -0.4 is 11.1 Å². The Labute approximate surface area is 158 Å². The van der Waals surface area contributed by atoms with E-state index in [0.717, 1.165) is 30.8 Å². The van der Waals surface area contributed by atoms with E-state index in [4.69, 9.17) is 5.73 Å². The minimum absolute atomic E-state index is 0.106. The molecule has 27 heavy (non-hydrogen) atoms. The second-order valence-electron chi connectivity index (χ2n) is 8.66. The highest BCUT2D eigenvalue weighted by atomic mass is 16.2. The van der Waals surface area contributed by atoms with Gasteiger partial charge in [-0.15, -0.1) is 0 Å².